The summed E-state index contributed by atoms with van der Waals surface area (Å²) < 4.78 is 25.9. The number of amides is 2. The van der Waals surface area contributed by atoms with E-state index in [4.69, 9.17) is 40.6 Å². The molecule has 0 saturated carbocycles. The van der Waals surface area contributed by atoms with Gasteiger partial charge in [0.2, 0.25) is 0 Å². The summed E-state index contributed by atoms with van der Waals surface area (Å²) in [6.45, 7) is 12.3. The first-order chi connectivity index (χ1) is 23.9. The van der Waals surface area contributed by atoms with Crippen LogP contribution in [0.25, 0.3) is 42.8 Å². The topological polar surface area (TPSA) is 108 Å². The minimum atomic E-state index is -0.964. The highest BCUT2D eigenvalue weighted by molar-refractivity contribution is 7.22. The molecular weight excluding hydrogens is 678 g/mol. The smallest absolute Gasteiger partial charge is 0.339 e. The summed E-state index contributed by atoms with van der Waals surface area (Å²) in [5.74, 6) is 0.153. The number of carbonyl (C=O) groups is 2. The number of hydrogen-bond acceptors (Lipinski definition) is 9. The highest BCUT2D eigenvalue weighted by Crippen LogP contribution is 2.45. The Morgan fingerprint density at radius 2 is 1.80 bits per heavy atom. The van der Waals surface area contributed by atoms with Crippen LogP contribution in [0.3, 0.4) is 0 Å². The van der Waals surface area contributed by atoms with Crippen LogP contribution in [0.15, 0.2) is 48.5 Å². The Morgan fingerprint density at radius 3 is 2.50 bits per heavy atom. The zero-order valence-corrected chi connectivity index (χ0v) is 30.6. The predicted molar refractivity (Wildman–Crippen MR) is 195 cm³/mol. The van der Waals surface area contributed by atoms with Crippen molar-refractivity contribution in [2.24, 2.45) is 7.05 Å². The molecule has 2 fully saturated rings. The molecule has 7 rings (SSSR count). The van der Waals surface area contributed by atoms with E-state index in [2.05, 4.69) is 0 Å². The number of ether oxygens (including phenoxy) is 4. The van der Waals surface area contributed by atoms with Crippen LogP contribution in [-0.4, -0.2) is 83.0 Å². The van der Waals surface area contributed by atoms with E-state index in [9.17, 15) is 9.59 Å². The van der Waals surface area contributed by atoms with Crippen molar-refractivity contribution in [1.82, 2.24) is 19.7 Å². The lowest BCUT2D eigenvalue weighted by Crippen LogP contribution is -2.37. The van der Waals surface area contributed by atoms with Gasteiger partial charge in [-0.1, -0.05) is 23.7 Å². The lowest BCUT2D eigenvalue weighted by Gasteiger charge is -2.29. The average Bonchev–Trinajstić information content (AvgIpc) is 3.87. The maximum Gasteiger partial charge on any atom is 0.339 e. The number of rotatable bonds is 9. The summed E-state index contributed by atoms with van der Waals surface area (Å²) >= 11 is 7.86. The van der Waals surface area contributed by atoms with Gasteiger partial charge in [-0.2, -0.15) is 5.10 Å². The van der Waals surface area contributed by atoms with Crippen molar-refractivity contribution >= 4 is 61.9 Å². The summed E-state index contributed by atoms with van der Waals surface area (Å²) in [7, 11) is 1.88. The Balaban J connectivity index is 1.33. The second kappa shape index (κ2) is 13.6. The number of hydrogen-bond donors (Lipinski definition) is 0. The highest BCUT2D eigenvalue weighted by Gasteiger charge is 2.36. The van der Waals surface area contributed by atoms with Crippen molar-refractivity contribution in [2.75, 3.05) is 44.4 Å². The maximum absolute atomic E-state index is 13.5. The number of anilines is 1. The molecule has 50 heavy (non-hydrogen) atoms. The Morgan fingerprint density at radius 1 is 1.08 bits per heavy atom. The van der Waals surface area contributed by atoms with Crippen molar-refractivity contribution in [3.63, 3.8) is 0 Å². The maximum atomic E-state index is 13.5. The van der Waals surface area contributed by atoms with Crippen LogP contribution in [0.4, 0.5) is 10.6 Å². The third kappa shape index (κ3) is 6.58. The van der Waals surface area contributed by atoms with Crippen molar-refractivity contribution in [3.05, 3.63) is 64.7 Å². The Labute approximate surface area is 299 Å². The number of carbonyl (C=O) groups excluding carboxylic acids is 2. The van der Waals surface area contributed by atoms with Crippen molar-refractivity contribution in [3.8, 4) is 21.7 Å². The third-order valence-electron chi connectivity index (χ3n) is 8.78. The molecule has 2 aromatic heterocycles. The standard InChI is InChI=1S/C37H40ClN5O6S/c1-7-46-35(44)31(49-37(3,4)5)29-21(2)18-26-32(30(29)22-8-11-24(38)12-9-22)50-34(39-26)23-10-13-27-25(19-23)33(40-41(27)6)43-15-14-42(36(43)45)20-28-47-16-17-48-28/h8-13,18-19,28,31H,7,14-17,20H2,1-6H3/t31-/m0/s1. The summed E-state index contributed by atoms with van der Waals surface area (Å²) in [5.41, 5.74) is 5.28. The predicted octanol–water partition coefficient (Wildman–Crippen LogP) is 7.51. The molecular formula is C37H40ClN5O6S. The molecule has 0 unspecified atom stereocenters. The van der Waals surface area contributed by atoms with Crippen molar-refractivity contribution < 1.29 is 28.5 Å². The molecule has 262 valence electrons. The van der Waals surface area contributed by atoms with E-state index in [-0.39, 0.29) is 12.6 Å². The van der Waals surface area contributed by atoms with Gasteiger partial charge in [0.1, 0.15) is 5.01 Å². The third-order valence-corrected chi connectivity index (χ3v) is 10.2. The Kier molecular flexibility index (Phi) is 9.33. The molecule has 3 aromatic carbocycles. The van der Waals surface area contributed by atoms with Gasteiger partial charge in [-0.3, -0.25) is 9.58 Å². The van der Waals surface area contributed by atoms with Crippen LogP contribution in [0.1, 0.15) is 44.9 Å². The van der Waals surface area contributed by atoms with Crippen LogP contribution in [-0.2, 0) is 30.8 Å². The van der Waals surface area contributed by atoms with E-state index in [1.165, 1.54) is 11.3 Å². The molecule has 4 heterocycles. The molecule has 0 radical (unpaired) electrons. The number of aromatic nitrogens is 3. The van der Waals surface area contributed by atoms with E-state index in [1.807, 2.05) is 83.3 Å². The molecule has 11 nitrogen and oxygen atoms in total. The van der Waals surface area contributed by atoms with Crippen LogP contribution < -0.4 is 4.90 Å². The van der Waals surface area contributed by atoms with Gasteiger partial charge in [0.25, 0.3) is 0 Å². The molecule has 1 atom stereocenters. The molecule has 2 aliphatic heterocycles. The second-order valence-corrected chi connectivity index (χ2v) is 14.9. The van der Waals surface area contributed by atoms with Gasteiger partial charge in [-0.25, -0.2) is 14.6 Å². The lowest BCUT2D eigenvalue weighted by atomic mass is 9.91. The second-order valence-electron chi connectivity index (χ2n) is 13.4. The normalized spacial score (nSPS) is 16.3. The molecule has 2 aliphatic rings. The lowest BCUT2D eigenvalue weighted by molar-refractivity contribution is -0.166. The summed E-state index contributed by atoms with van der Waals surface area (Å²) in [6.07, 6.45) is -1.37. The first-order valence-electron chi connectivity index (χ1n) is 16.7. The number of aryl methyl sites for hydroxylation is 2. The number of thiazole rings is 1. The van der Waals surface area contributed by atoms with Gasteiger partial charge in [-0.15, -0.1) is 11.3 Å². The van der Waals surface area contributed by atoms with Crippen LogP contribution in [0.5, 0.6) is 0 Å². The molecule has 0 aliphatic carbocycles. The van der Waals surface area contributed by atoms with Gasteiger partial charge in [0, 0.05) is 47.2 Å². The molecule has 0 N–H and O–H groups in total. The van der Waals surface area contributed by atoms with E-state index >= 15 is 0 Å². The minimum Gasteiger partial charge on any atom is -0.464 e. The van der Waals surface area contributed by atoms with Crippen LogP contribution >= 0.6 is 22.9 Å². The van der Waals surface area contributed by atoms with Gasteiger partial charge in [-0.05, 0) is 82.1 Å². The summed E-state index contributed by atoms with van der Waals surface area (Å²) in [5, 5.41) is 7.03. The molecule has 5 aromatic rings. The fourth-order valence-electron chi connectivity index (χ4n) is 6.59. The van der Waals surface area contributed by atoms with Crippen LogP contribution in [0.2, 0.25) is 5.02 Å². The molecule has 2 amide bonds. The van der Waals surface area contributed by atoms with Gasteiger partial charge >= 0.3 is 12.0 Å². The average molecular weight is 718 g/mol. The largest absolute Gasteiger partial charge is 0.464 e. The first-order valence-corrected chi connectivity index (χ1v) is 17.9. The van der Waals surface area contributed by atoms with Crippen LogP contribution in [0, 0.1) is 6.92 Å². The minimum absolute atomic E-state index is 0.126. The van der Waals surface area contributed by atoms with E-state index in [1.54, 1.807) is 21.4 Å². The Bertz CT molecular complexity index is 2080. The molecule has 0 bridgehead atoms. The van der Waals surface area contributed by atoms with Gasteiger partial charge < -0.3 is 23.8 Å². The number of nitrogens with zero attached hydrogens (tertiary/aromatic N) is 5. The highest BCUT2D eigenvalue weighted by atomic mass is 35.5. The SMILES string of the molecule is CCOC(=O)[C@@H](OC(C)(C)C)c1c(C)cc2nc(-c3ccc4c(c3)c(N3CCN(CC5OCCO5)C3=O)nn4C)sc2c1-c1ccc(Cl)cc1. The molecule has 0 spiro atoms. The zero-order valence-electron chi connectivity index (χ0n) is 29.0. The summed E-state index contributed by atoms with van der Waals surface area (Å²) in [6, 6.07) is 15.6. The number of urea groups is 1. The number of esters is 1. The molecule has 13 heteroatoms. The fraction of sp³-hybridized carbons (Fsp3) is 0.405. The van der Waals surface area contributed by atoms with Crippen molar-refractivity contribution in [1.29, 1.82) is 0 Å². The Hall–Kier alpha value is -4.07. The summed E-state index contributed by atoms with van der Waals surface area (Å²) in [4.78, 5) is 35.7. The number of fused-ring (bicyclic) bond motifs is 2. The van der Waals surface area contributed by atoms with E-state index in [0.717, 1.165) is 53.9 Å². The van der Waals surface area contributed by atoms with E-state index in [0.29, 0.717) is 43.7 Å². The van der Waals surface area contributed by atoms with Gasteiger partial charge in [0.05, 0.1) is 47.7 Å². The fourth-order valence-corrected chi connectivity index (χ4v) is 7.84. The van der Waals surface area contributed by atoms with Gasteiger partial charge in [0.15, 0.2) is 18.2 Å². The zero-order chi connectivity index (χ0) is 35.3. The monoisotopic (exact) mass is 717 g/mol. The molecule has 2 saturated heterocycles. The number of halogens is 1. The number of benzene rings is 3. The first kappa shape index (κ1) is 34.4. The quantitative estimate of drug-likeness (QED) is 0.144. The van der Waals surface area contributed by atoms with E-state index < -0.39 is 24.0 Å². The van der Waals surface area contributed by atoms with Crippen molar-refractivity contribution in [2.45, 2.75) is 52.6 Å².